The third kappa shape index (κ3) is 4.76. The molecular formula is C18H21BrN4O2. The Labute approximate surface area is 155 Å². The summed E-state index contributed by atoms with van der Waals surface area (Å²) in [6.45, 7) is 4.69. The van der Waals surface area contributed by atoms with Crippen molar-refractivity contribution in [1.29, 1.82) is 0 Å². The van der Waals surface area contributed by atoms with Crippen molar-refractivity contribution in [1.82, 2.24) is 9.88 Å². The fourth-order valence-electron chi connectivity index (χ4n) is 3.12. The smallest absolute Gasteiger partial charge is 0.290 e. The lowest BCUT2D eigenvalue weighted by atomic mass is 10.0. The Morgan fingerprint density at radius 3 is 2.52 bits per heavy atom. The third-order valence-electron chi connectivity index (χ3n) is 4.51. The summed E-state index contributed by atoms with van der Waals surface area (Å²) < 4.78 is 1.10. The molecule has 1 saturated heterocycles. The molecule has 3 rings (SSSR count). The number of piperidine rings is 1. The average molecular weight is 405 g/mol. The van der Waals surface area contributed by atoms with E-state index < -0.39 is 4.92 Å². The largest absolute Gasteiger partial charge is 0.367 e. The Morgan fingerprint density at radius 2 is 1.92 bits per heavy atom. The maximum Gasteiger partial charge on any atom is 0.290 e. The highest BCUT2D eigenvalue weighted by atomic mass is 79.9. The van der Waals surface area contributed by atoms with E-state index in [9.17, 15) is 10.1 Å². The standard InChI is InChI=1S/C18H21BrN4O2/c1-13-17(23(24)25)6-7-18(20-13)21-16-8-10-22(11-9-16)12-14-2-4-15(19)5-3-14/h2-7,16H,8-12H2,1H3,(H,20,21). The molecular weight excluding hydrogens is 384 g/mol. The van der Waals surface area contributed by atoms with Crippen LogP contribution < -0.4 is 5.32 Å². The van der Waals surface area contributed by atoms with E-state index >= 15 is 0 Å². The third-order valence-corrected chi connectivity index (χ3v) is 5.04. The van der Waals surface area contributed by atoms with Gasteiger partial charge in [0, 0.05) is 36.2 Å². The number of benzene rings is 1. The Bertz CT molecular complexity index is 743. The van der Waals surface area contributed by atoms with E-state index in [1.165, 1.54) is 11.6 Å². The molecule has 7 heteroatoms. The van der Waals surface area contributed by atoms with Gasteiger partial charge in [0.05, 0.1) is 4.92 Å². The molecule has 0 saturated carbocycles. The minimum Gasteiger partial charge on any atom is -0.367 e. The lowest BCUT2D eigenvalue weighted by molar-refractivity contribution is -0.385. The first-order valence-corrected chi connectivity index (χ1v) is 9.16. The zero-order valence-corrected chi connectivity index (χ0v) is 15.7. The quantitative estimate of drug-likeness (QED) is 0.598. The predicted molar refractivity (Wildman–Crippen MR) is 102 cm³/mol. The van der Waals surface area contributed by atoms with Crippen LogP contribution in [0.3, 0.4) is 0 Å². The van der Waals surface area contributed by atoms with Crippen LogP contribution >= 0.6 is 15.9 Å². The zero-order chi connectivity index (χ0) is 17.8. The molecule has 1 aliphatic heterocycles. The number of hydrogen-bond donors (Lipinski definition) is 1. The van der Waals surface area contributed by atoms with Crippen LogP contribution in [0.2, 0.25) is 0 Å². The van der Waals surface area contributed by atoms with Crippen molar-refractivity contribution in [2.45, 2.75) is 32.4 Å². The molecule has 25 heavy (non-hydrogen) atoms. The van der Waals surface area contributed by atoms with Gasteiger partial charge in [-0.25, -0.2) is 4.98 Å². The summed E-state index contributed by atoms with van der Waals surface area (Å²) in [7, 11) is 0. The van der Waals surface area contributed by atoms with E-state index in [-0.39, 0.29) is 5.69 Å². The number of aromatic nitrogens is 1. The summed E-state index contributed by atoms with van der Waals surface area (Å²) in [6.07, 6.45) is 2.07. The molecule has 0 aliphatic carbocycles. The van der Waals surface area contributed by atoms with Gasteiger partial charge < -0.3 is 5.32 Å². The number of rotatable bonds is 5. The molecule has 2 heterocycles. The van der Waals surface area contributed by atoms with Crippen LogP contribution in [0.5, 0.6) is 0 Å². The molecule has 0 atom stereocenters. The van der Waals surface area contributed by atoms with E-state index in [1.807, 2.05) is 0 Å². The summed E-state index contributed by atoms with van der Waals surface area (Å²) in [5, 5.41) is 14.3. The SMILES string of the molecule is Cc1nc(NC2CCN(Cc3ccc(Br)cc3)CC2)ccc1[N+](=O)[O-]. The highest BCUT2D eigenvalue weighted by Gasteiger charge is 2.20. The first-order valence-electron chi connectivity index (χ1n) is 8.36. The highest BCUT2D eigenvalue weighted by Crippen LogP contribution is 2.21. The second kappa shape index (κ2) is 7.93. The predicted octanol–water partition coefficient (Wildman–Crippen LogP) is 4.14. The Morgan fingerprint density at radius 1 is 1.24 bits per heavy atom. The number of hydrogen-bond acceptors (Lipinski definition) is 5. The molecule has 0 amide bonds. The van der Waals surface area contributed by atoms with E-state index in [0.29, 0.717) is 11.7 Å². The molecule has 1 N–H and O–H groups in total. The molecule has 1 aliphatic rings. The van der Waals surface area contributed by atoms with Crippen molar-refractivity contribution in [2.24, 2.45) is 0 Å². The van der Waals surface area contributed by atoms with Crippen LogP contribution in [0.4, 0.5) is 11.5 Å². The molecule has 0 unspecified atom stereocenters. The summed E-state index contributed by atoms with van der Waals surface area (Å²) in [6, 6.07) is 12.0. The molecule has 132 valence electrons. The first kappa shape index (κ1) is 17.8. The van der Waals surface area contributed by atoms with Gasteiger partial charge in [-0.1, -0.05) is 28.1 Å². The van der Waals surface area contributed by atoms with E-state index in [0.717, 1.165) is 42.8 Å². The van der Waals surface area contributed by atoms with Crippen molar-refractivity contribution in [3.8, 4) is 0 Å². The van der Waals surface area contributed by atoms with E-state index in [4.69, 9.17) is 0 Å². The number of aryl methyl sites for hydroxylation is 1. The van der Waals surface area contributed by atoms with Crippen molar-refractivity contribution in [3.63, 3.8) is 0 Å². The fraction of sp³-hybridized carbons (Fsp3) is 0.389. The maximum atomic E-state index is 10.9. The number of anilines is 1. The summed E-state index contributed by atoms with van der Waals surface area (Å²) in [5.41, 5.74) is 1.83. The van der Waals surface area contributed by atoms with Crippen molar-refractivity contribution < 1.29 is 4.92 Å². The molecule has 2 aromatic rings. The van der Waals surface area contributed by atoms with Gasteiger partial charge in [-0.3, -0.25) is 15.0 Å². The van der Waals surface area contributed by atoms with E-state index in [2.05, 4.69) is 55.4 Å². The summed E-state index contributed by atoms with van der Waals surface area (Å²) in [5.74, 6) is 0.717. The van der Waals surface area contributed by atoms with Crippen molar-refractivity contribution in [3.05, 3.63) is 62.2 Å². The van der Waals surface area contributed by atoms with Crippen LogP contribution in [0, 0.1) is 17.0 Å². The highest BCUT2D eigenvalue weighted by molar-refractivity contribution is 9.10. The van der Waals surface area contributed by atoms with Gasteiger partial charge in [-0.2, -0.15) is 0 Å². The second-order valence-electron chi connectivity index (χ2n) is 6.38. The number of pyridine rings is 1. The van der Waals surface area contributed by atoms with Crippen molar-refractivity contribution in [2.75, 3.05) is 18.4 Å². The Kier molecular flexibility index (Phi) is 5.65. The van der Waals surface area contributed by atoms with Gasteiger partial charge in [0.15, 0.2) is 0 Å². The van der Waals surface area contributed by atoms with Crippen LogP contribution in [-0.4, -0.2) is 33.9 Å². The van der Waals surface area contributed by atoms with Crippen molar-refractivity contribution >= 4 is 27.4 Å². The monoisotopic (exact) mass is 404 g/mol. The molecule has 1 aromatic heterocycles. The minimum absolute atomic E-state index is 0.0647. The van der Waals surface area contributed by atoms with Gasteiger partial charge >= 0.3 is 0 Å². The van der Waals surface area contributed by atoms with Gasteiger partial charge in [0.1, 0.15) is 11.5 Å². The fourth-order valence-corrected chi connectivity index (χ4v) is 3.38. The molecule has 0 radical (unpaired) electrons. The van der Waals surface area contributed by atoms with Crippen LogP contribution in [0.1, 0.15) is 24.1 Å². The topological polar surface area (TPSA) is 71.3 Å². The Balaban J connectivity index is 1.51. The van der Waals surface area contributed by atoms with Gasteiger partial charge in [-0.05, 0) is 43.5 Å². The molecule has 6 nitrogen and oxygen atoms in total. The second-order valence-corrected chi connectivity index (χ2v) is 7.30. The number of nitrogens with one attached hydrogen (secondary N) is 1. The molecule has 0 spiro atoms. The number of likely N-dealkylation sites (tertiary alicyclic amines) is 1. The zero-order valence-electron chi connectivity index (χ0n) is 14.1. The van der Waals surface area contributed by atoms with Gasteiger partial charge in [0.25, 0.3) is 5.69 Å². The number of nitrogens with zero attached hydrogens (tertiary/aromatic N) is 3. The van der Waals surface area contributed by atoms with E-state index in [1.54, 1.807) is 13.0 Å². The summed E-state index contributed by atoms with van der Waals surface area (Å²) in [4.78, 5) is 17.2. The molecule has 0 bridgehead atoms. The normalized spacial score (nSPS) is 15.9. The van der Waals surface area contributed by atoms with Crippen LogP contribution in [0.25, 0.3) is 0 Å². The maximum absolute atomic E-state index is 10.9. The Hall–Kier alpha value is -1.99. The minimum atomic E-state index is -0.396. The average Bonchev–Trinajstić information content (AvgIpc) is 2.58. The summed E-state index contributed by atoms with van der Waals surface area (Å²) >= 11 is 3.46. The van der Waals surface area contributed by atoms with Crippen LogP contribution in [0.15, 0.2) is 40.9 Å². The molecule has 1 aromatic carbocycles. The first-order chi connectivity index (χ1) is 12.0. The lowest BCUT2D eigenvalue weighted by Crippen LogP contribution is -2.38. The van der Waals surface area contributed by atoms with Gasteiger partial charge in [-0.15, -0.1) is 0 Å². The number of halogens is 1. The number of nitro groups is 1. The molecule has 1 fully saturated rings. The lowest BCUT2D eigenvalue weighted by Gasteiger charge is -2.32. The van der Waals surface area contributed by atoms with Crippen LogP contribution in [-0.2, 0) is 6.54 Å². The van der Waals surface area contributed by atoms with Gasteiger partial charge in [0.2, 0.25) is 0 Å².